The van der Waals surface area contributed by atoms with E-state index in [1.54, 1.807) is 0 Å². The second kappa shape index (κ2) is 6.60. The minimum atomic E-state index is -0.349. The van der Waals surface area contributed by atoms with Crippen LogP contribution >= 0.6 is 0 Å². The Bertz CT molecular complexity index is 861. The highest BCUT2D eigenvalue weighted by Gasteiger charge is 2.72. The van der Waals surface area contributed by atoms with Crippen molar-refractivity contribution >= 4 is 5.97 Å². The molecule has 3 heteroatoms. The van der Waals surface area contributed by atoms with Crippen LogP contribution in [0.5, 0.6) is 0 Å². The average molecular weight is 457 g/mol. The molecule has 2 aliphatic heterocycles. The maximum atomic E-state index is 12.6. The van der Waals surface area contributed by atoms with Gasteiger partial charge in [-0.1, -0.05) is 34.6 Å². The zero-order valence-corrected chi connectivity index (χ0v) is 22.4. The van der Waals surface area contributed by atoms with Crippen LogP contribution in [0.25, 0.3) is 0 Å². The Balaban J connectivity index is 1.40. The molecule has 2 bridgehead atoms. The van der Waals surface area contributed by atoms with Gasteiger partial charge in [-0.15, -0.1) is 0 Å². The first-order chi connectivity index (χ1) is 15.3. The van der Waals surface area contributed by atoms with Crippen molar-refractivity contribution in [2.24, 2.45) is 50.7 Å². The summed E-state index contributed by atoms with van der Waals surface area (Å²) in [6.07, 6.45) is 12.7. The predicted molar refractivity (Wildman–Crippen MR) is 131 cm³/mol. The lowest BCUT2D eigenvalue weighted by atomic mass is 9.32. The number of hydrogen-bond donors (Lipinski definition) is 0. The molecule has 0 unspecified atom stereocenters. The van der Waals surface area contributed by atoms with Gasteiger partial charge in [0, 0.05) is 12.3 Å². The van der Waals surface area contributed by atoms with E-state index in [4.69, 9.17) is 9.47 Å². The van der Waals surface area contributed by atoms with Crippen LogP contribution < -0.4 is 0 Å². The molecule has 4 saturated carbocycles. The summed E-state index contributed by atoms with van der Waals surface area (Å²) < 4.78 is 12.8. The summed E-state index contributed by atoms with van der Waals surface area (Å²) in [5, 5.41) is 0. The first-order valence-electron chi connectivity index (χ1n) is 14.1. The van der Waals surface area contributed by atoms with Gasteiger partial charge in [-0.25, -0.2) is 0 Å². The van der Waals surface area contributed by atoms with E-state index in [-0.39, 0.29) is 17.0 Å². The molecule has 0 N–H and O–H groups in total. The van der Waals surface area contributed by atoms with Gasteiger partial charge in [-0.3, -0.25) is 4.79 Å². The summed E-state index contributed by atoms with van der Waals surface area (Å²) in [6.45, 7) is 18.3. The van der Waals surface area contributed by atoms with Crippen LogP contribution in [0, 0.1) is 50.7 Å². The first kappa shape index (κ1) is 22.9. The third kappa shape index (κ3) is 2.70. The van der Waals surface area contributed by atoms with Gasteiger partial charge in [0.05, 0.1) is 12.7 Å². The number of esters is 1. The van der Waals surface area contributed by atoms with Crippen LogP contribution in [0.2, 0.25) is 0 Å². The van der Waals surface area contributed by atoms with Crippen molar-refractivity contribution < 1.29 is 14.3 Å². The monoisotopic (exact) mass is 456 g/mol. The average Bonchev–Trinajstić information content (AvgIpc) is 3.01. The predicted octanol–water partition coefficient (Wildman–Crippen LogP) is 7.17. The number of ether oxygens (including phenoxy) is 2. The van der Waals surface area contributed by atoms with Crippen LogP contribution in [-0.2, 0) is 14.3 Å². The fraction of sp³-hybridized carbons (Fsp3) is 0.967. The van der Waals surface area contributed by atoms with Crippen LogP contribution in [-0.4, -0.2) is 24.3 Å². The van der Waals surface area contributed by atoms with E-state index in [9.17, 15) is 4.79 Å². The van der Waals surface area contributed by atoms with Gasteiger partial charge >= 0.3 is 5.97 Å². The Morgan fingerprint density at radius 2 is 1.48 bits per heavy atom. The Hall–Kier alpha value is -0.570. The smallest absolute Gasteiger partial charge is 0.306 e. The largest absolute Gasteiger partial charge is 0.459 e. The van der Waals surface area contributed by atoms with Crippen LogP contribution in [0.15, 0.2) is 0 Å². The van der Waals surface area contributed by atoms with Gasteiger partial charge < -0.3 is 9.47 Å². The molecule has 6 rings (SSSR count). The zero-order chi connectivity index (χ0) is 23.7. The van der Waals surface area contributed by atoms with Crippen molar-refractivity contribution in [3.8, 4) is 0 Å². The van der Waals surface area contributed by atoms with E-state index in [2.05, 4.69) is 48.5 Å². The maximum Gasteiger partial charge on any atom is 0.306 e. The van der Waals surface area contributed by atoms with E-state index < -0.39 is 0 Å². The third-order valence-corrected chi connectivity index (χ3v) is 13.5. The number of rotatable bonds is 0. The van der Waals surface area contributed by atoms with Gasteiger partial charge in [0.2, 0.25) is 0 Å². The molecule has 0 aromatic heterocycles. The normalized spacial score (nSPS) is 56.5. The summed E-state index contributed by atoms with van der Waals surface area (Å²) >= 11 is 0. The highest BCUT2D eigenvalue weighted by Crippen LogP contribution is 2.77. The molecule has 0 aromatic rings. The third-order valence-electron chi connectivity index (χ3n) is 13.5. The molecule has 186 valence electrons. The summed E-state index contributed by atoms with van der Waals surface area (Å²) in [4.78, 5) is 12.6. The van der Waals surface area contributed by atoms with Gasteiger partial charge in [0.25, 0.3) is 0 Å². The van der Waals surface area contributed by atoms with Crippen molar-refractivity contribution in [3.63, 3.8) is 0 Å². The quantitative estimate of drug-likeness (QED) is 0.362. The standard InChI is InChI=1S/C30H48O3/c1-25(2)14-16-30-17-15-28(6)19(23(30)24(25)32-18-30)8-9-21-27(5)12-11-22(31)33-26(3,4)20(27)10-13-29(21,28)7/h19-21,23-24H,8-18H2,1-7H3/t19-,20+,21+,23-,24+,27+,28-,29+,30+/m1/s1. The number of carbonyl (C=O) groups is 1. The zero-order valence-electron chi connectivity index (χ0n) is 22.4. The molecule has 4 aliphatic carbocycles. The fourth-order valence-corrected chi connectivity index (χ4v) is 11.6. The number of carbonyl (C=O) groups excluding carboxylic acids is 1. The molecular weight excluding hydrogens is 408 g/mol. The lowest BCUT2D eigenvalue weighted by molar-refractivity contribution is -0.239. The Morgan fingerprint density at radius 1 is 0.758 bits per heavy atom. The molecule has 0 spiro atoms. The minimum Gasteiger partial charge on any atom is -0.459 e. The molecule has 3 nitrogen and oxygen atoms in total. The van der Waals surface area contributed by atoms with Crippen LogP contribution in [0.1, 0.15) is 113 Å². The summed E-state index contributed by atoms with van der Waals surface area (Å²) in [5.41, 5.74) is 1.32. The Morgan fingerprint density at radius 3 is 2.24 bits per heavy atom. The molecule has 33 heavy (non-hydrogen) atoms. The van der Waals surface area contributed by atoms with Crippen molar-refractivity contribution in [1.82, 2.24) is 0 Å². The Kier molecular flexibility index (Phi) is 4.57. The van der Waals surface area contributed by atoms with Gasteiger partial charge in [0.15, 0.2) is 0 Å². The van der Waals surface area contributed by atoms with Gasteiger partial charge in [0.1, 0.15) is 5.60 Å². The van der Waals surface area contributed by atoms with E-state index >= 15 is 0 Å². The topological polar surface area (TPSA) is 35.5 Å². The SMILES string of the molecule is CC1(C)CC[C@@]23CC[C@]4(C)[C@H](CC[C@H]5[C@@]6(C)CCC(=O)OC(C)(C)[C@@H]6CC[C@@]54C)[C@@H]2[C@@H]1OC3. The second-order valence-electron chi connectivity index (χ2n) is 15.4. The van der Waals surface area contributed by atoms with E-state index in [0.29, 0.717) is 46.0 Å². The molecule has 9 atom stereocenters. The first-order valence-corrected chi connectivity index (χ1v) is 14.1. The summed E-state index contributed by atoms with van der Waals surface area (Å²) in [5.74, 6) is 2.71. The van der Waals surface area contributed by atoms with Crippen molar-refractivity contribution in [3.05, 3.63) is 0 Å². The van der Waals surface area contributed by atoms with E-state index in [1.165, 1.54) is 51.4 Å². The summed E-state index contributed by atoms with van der Waals surface area (Å²) in [7, 11) is 0. The maximum absolute atomic E-state index is 12.6. The lowest BCUT2D eigenvalue weighted by Gasteiger charge is -2.72. The Labute approximate surface area is 202 Å². The number of cyclic esters (lactones) is 1. The molecule has 2 saturated heterocycles. The molecule has 0 aromatic carbocycles. The van der Waals surface area contributed by atoms with Crippen molar-refractivity contribution in [1.29, 1.82) is 0 Å². The molecular formula is C30H48O3. The lowest BCUT2D eigenvalue weighted by Crippen LogP contribution is -2.66. The second-order valence-corrected chi connectivity index (χ2v) is 15.4. The number of hydrogen-bond acceptors (Lipinski definition) is 3. The van der Waals surface area contributed by atoms with Gasteiger partial charge in [-0.2, -0.15) is 0 Å². The van der Waals surface area contributed by atoms with Crippen molar-refractivity contribution in [2.45, 2.75) is 124 Å². The molecule has 2 heterocycles. The molecule has 0 amide bonds. The summed E-state index contributed by atoms with van der Waals surface area (Å²) in [6, 6.07) is 0. The highest BCUT2D eigenvalue weighted by molar-refractivity contribution is 5.70. The van der Waals surface area contributed by atoms with E-state index in [1.807, 2.05) is 0 Å². The van der Waals surface area contributed by atoms with Gasteiger partial charge in [-0.05, 0) is 116 Å². The van der Waals surface area contributed by atoms with Crippen molar-refractivity contribution in [2.75, 3.05) is 6.61 Å². The number of fused-ring (bicyclic) bond motifs is 5. The molecule has 6 fully saturated rings. The van der Waals surface area contributed by atoms with E-state index in [0.717, 1.165) is 24.9 Å². The minimum absolute atomic E-state index is 0.0231. The fourth-order valence-electron chi connectivity index (χ4n) is 11.6. The molecule has 6 aliphatic rings. The highest BCUT2D eigenvalue weighted by atomic mass is 16.6. The van der Waals surface area contributed by atoms with Crippen LogP contribution in [0.4, 0.5) is 0 Å². The van der Waals surface area contributed by atoms with Crippen LogP contribution in [0.3, 0.4) is 0 Å². The molecule has 0 radical (unpaired) electrons.